The molecule has 0 saturated carbocycles. The molecule has 0 amide bonds. The molecule has 2 aliphatic rings. The summed E-state index contributed by atoms with van der Waals surface area (Å²) in [6.07, 6.45) is 1.16. The number of sulfonamides is 1. The van der Waals surface area contributed by atoms with Gasteiger partial charge in [0.15, 0.2) is 0 Å². The number of ether oxygens (including phenoxy) is 1. The van der Waals surface area contributed by atoms with E-state index < -0.39 is 10.0 Å². The number of anilines is 1. The average molecular weight is 613 g/mol. The van der Waals surface area contributed by atoms with Crippen molar-refractivity contribution >= 4 is 43.2 Å². The van der Waals surface area contributed by atoms with Crippen LogP contribution < -0.4 is 10.1 Å². The van der Waals surface area contributed by atoms with Crippen LogP contribution in [0.2, 0.25) is 0 Å². The molecular formula is C33H36N6O4S. The van der Waals surface area contributed by atoms with Gasteiger partial charge in [-0.05, 0) is 49.2 Å². The van der Waals surface area contributed by atoms with E-state index in [-0.39, 0.29) is 6.17 Å². The maximum absolute atomic E-state index is 12.0. The second kappa shape index (κ2) is 10.8. The van der Waals surface area contributed by atoms with Gasteiger partial charge in [-0.15, -0.1) is 0 Å². The van der Waals surface area contributed by atoms with Gasteiger partial charge < -0.3 is 19.6 Å². The van der Waals surface area contributed by atoms with Crippen LogP contribution in [0.3, 0.4) is 0 Å². The third-order valence-electron chi connectivity index (χ3n) is 8.80. The van der Waals surface area contributed by atoms with Crippen LogP contribution in [0.25, 0.3) is 32.8 Å². The van der Waals surface area contributed by atoms with E-state index in [9.17, 15) is 8.42 Å². The van der Waals surface area contributed by atoms with Crippen molar-refractivity contribution < 1.29 is 17.7 Å². The van der Waals surface area contributed by atoms with E-state index in [1.165, 1.54) is 17.2 Å². The molecule has 228 valence electrons. The molecule has 2 N–H and O–H groups in total. The fraction of sp³-hybridized carbons (Fsp3) is 0.333. The number of rotatable bonds is 6. The lowest BCUT2D eigenvalue weighted by Crippen LogP contribution is -2.47. The minimum absolute atomic E-state index is 0.126. The average Bonchev–Trinajstić information content (AvgIpc) is 3.53. The Morgan fingerprint density at radius 3 is 2.41 bits per heavy atom. The van der Waals surface area contributed by atoms with Gasteiger partial charge in [0.2, 0.25) is 10.0 Å². The van der Waals surface area contributed by atoms with Crippen molar-refractivity contribution in [3.8, 4) is 16.9 Å². The van der Waals surface area contributed by atoms with Gasteiger partial charge >= 0.3 is 0 Å². The van der Waals surface area contributed by atoms with Gasteiger partial charge in [0.25, 0.3) is 0 Å². The van der Waals surface area contributed by atoms with Crippen LogP contribution in [-0.2, 0) is 16.6 Å². The number of H-pyrrole nitrogens is 1. The summed E-state index contributed by atoms with van der Waals surface area (Å²) in [4.78, 5) is 11.1. The molecule has 1 saturated heterocycles. The zero-order valence-electron chi connectivity index (χ0n) is 25.6. The maximum Gasteiger partial charge on any atom is 0.211 e. The molecule has 4 heterocycles. The van der Waals surface area contributed by atoms with Gasteiger partial charge in [0.05, 0.1) is 35.9 Å². The zero-order chi connectivity index (χ0) is 30.7. The lowest BCUT2D eigenvalue weighted by molar-refractivity contribution is 0.182. The van der Waals surface area contributed by atoms with E-state index in [4.69, 9.17) is 14.3 Å². The molecule has 1 fully saturated rings. The Labute approximate surface area is 256 Å². The molecule has 10 nitrogen and oxygen atoms in total. The number of fused-ring (bicyclic) bond motifs is 4. The highest BCUT2D eigenvalue weighted by molar-refractivity contribution is 7.88. The molecule has 1 unspecified atom stereocenters. The van der Waals surface area contributed by atoms with Gasteiger partial charge in [-0.25, -0.2) is 8.42 Å². The highest BCUT2D eigenvalue weighted by Crippen LogP contribution is 2.42. The Morgan fingerprint density at radius 1 is 0.977 bits per heavy atom. The van der Waals surface area contributed by atoms with Crippen molar-refractivity contribution in [3.05, 3.63) is 76.7 Å². The lowest BCUT2D eigenvalue weighted by Gasteiger charge is -2.33. The number of hydrogen-bond donors (Lipinski definition) is 2. The highest BCUT2D eigenvalue weighted by atomic mass is 32.2. The van der Waals surface area contributed by atoms with Gasteiger partial charge in [-0.1, -0.05) is 41.6 Å². The van der Waals surface area contributed by atoms with Crippen LogP contribution in [-0.4, -0.2) is 79.2 Å². The normalized spacial score (nSPS) is 17.9. The number of aromatic nitrogens is 2. The SMILES string of the molecule is COc1cc2c3c([nH]c2cc1-c1c(C)noc1C)NC(C)N=C3c1ccc(CN2CCN(S(C)(=O)=O)CC2)c2ccccc12. The summed E-state index contributed by atoms with van der Waals surface area (Å²) < 4.78 is 36.9. The summed E-state index contributed by atoms with van der Waals surface area (Å²) in [6.45, 7) is 9.10. The first-order chi connectivity index (χ1) is 21.1. The molecule has 44 heavy (non-hydrogen) atoms. The number of benzene rings is 3. The number of aliphatic imine (C=N–C) groups is 1. The minimum Gasteiger partial charge on any atom is -0.496 e. The molecule has 2 aliphatic heterocycles. The number of nitrogens with zero attached hydrogens (tertiary/aromatic N) is 4. The highest BCUT2D eigenvalue weighted by Gasteiger charge is 2.28. The van der Waals surface area contributed by atoms with Crippen molar-refractivity contribution in [2.24, 2.45) is 4.99 Å². The third-order valence-corrected chi connectivity index (χ3v) is 10.1. The summed E-state index contributed by atoms with van der Waals surface area (Å²) >= 11 is 0. The minimum atomic E-state index is -3.17. The molecule has 0 radical (unpaired) electrons. The van der Waals surface area contributed by atoms with E-state index in [0.717, 1.165) is 73.8 Å². The van der Waals surface area contributed by atoms with Crippen LogP contribution in [0.1, 0.15) is 35.1 Å². The second-order valence-corrected chi connectivity index (χ2v) is 13.7. The first kappa shape index (κ1) is 28.6. The van der Waals surface area contributed by atoms with Crippen LogP contribution in [0.15, 0.2) is 58.0 Å². The largest absolute Gasteiger partial charge is 0.496 e. The molecule has 0 bridgehead atoms. The van der Waals surface area contributed by atoms with Crippen molar-refractivity contribution in [2.75, 3.05) is 44.9 Å². The van der Waals surface area contributed by atoms with E-state index in [1.54, 1.807) is 11.4 Å². The van der Waals surface area contributed by atoms with Crippen molar-refractivity contribution in [3.63, 3.8) is 0 Å². The number of methoxy groups -OCH3 is 1. The Morgan fingerprint density at radius 2 is 1.73 bits per heavy atom. The molecule has 5 aromatic rings. The molecule has 3 aromatic carbocycles. The third kappa shape index (κ3) is 4.85. The van der Waals surface area contributed by atoms with E-state index in [1.807, 2.05) is 13.8 Å². The summed E-state index contributed by atoms with van der Waals surface area (Å²) in [5.74, 6) is 2.41. The van der Waals surface area contributed by atoms with Gasteiger partial charge in [-0.3, -0.25) is 9.89 Å². The summed E-state index contributed by atoms with van der Waals surface area (Å²) in [5, 5.41) is 11.0. The summed E-state index contributed by atoms with van der Waals surface area (Å²) in [6, 6.07) is 17.0. The fourth-order valence-electron chi connectivity index (χ4n) is 6.68. The van der Waals surface area contributed by atoms with Crippen LogP contribution >= 0.6 is 0 Å². The predicted molar refractivity (Wildman–Crippen MR) is 174 cm³/mol. The number of piperazine rings is 1. The Hall–Kier alpha value is -4.19. The van der Waals surface area contributed by atoms with E-state index >= 15 is 0 Å². The molecule has 0 spiro atoms. The monoisotopic (exact) mass is 612 g/mol. The van der Waals surface area contributed by atoms with Crippen LogP contribution in [0, 0.1) is 13.8 Å². The number of nitrogens with one attached hydrogen (secondary N) is 2. The number of hydrogen-bond acceptors (Lipinski definition) is 8. The second-order valence-electron chi connectivity index (χ2n) is 11.7. The van der Waals surface area contributed by atoms with Gasteiger partial charge in [0, 0.05) is 54.8 Å². The topological polar surface area (TPSA) is 116 Å². The fourth-order valence-corrected chi connectivity index (χ4v) is 7.50. The Bertz CT molecular complexity index is 2030. The van der Waals surface area contributed by atoms with Crippen LogP contribution in [0.4, 0.5) is 5.82 Å². The van der Waals surface area contributed by atoms with Crippen molar-refractivity contribution in [1.82, 2.24) is 19.3 Å². The van der Waals surface area contributed by atoms with Gasteiger partial charge in [0.1, 0.15) is 23.5 Å². The quantitative estimate of drug-likeness (QED) is 0.268. The molecule has 11 heteroatoms. The maximum atomic E-state index is 12.0. The Kier molecular flexibility index (Phi) is 6.99. The first-order valence-electron chi connectivity index (χ1n) is 14.8. The zero-order valence-corrected chi connectivity index (χ0v) is 26.4. The van der Waals surface area contributed by atoms with Crippen LogP contribution in [0.5, 0.6) is 5.75 Å². The molecular weight excluding hydrogens is 576 g/mol. The van der Waals surface area contributed by atoms with Crippen molar-refractivity contribution in [1.29, 1.82) is 0 Å². The standard InChI is InChI=1S/C33H36N6O4S/c1-19-30(20(2)43-37-19)27-16-28-26(17-29(27)42-4)31-32(34-21(3)35-33(31)36-28)25-11-10-22(23-8-6-7-9-24(23)25)18-38-12-14-39(15-13-38)44(5,40)41/h6-11,16-17,21,35-36H,12-15,18H2,1-5H3. The molecule has 7 rings (SSSR count). The Balaban J connectivity index is 1.30. The smallest absolute Gasteiger partial charge is 0.211 e. The van der Waals surface area contributed by atoms with Crippen molar-refractivity contribution in [2.45, 2.75) is 33.5 Å². The first-order valence-corrected chi connectivity index (χ1v) is 16.7. The summed E-state index contributed by atoms with van der Waals surface area (Å²) in [5.41, 5.74) is 7.86. The predicted octanol–water partition coefficient (Wildman–Crippen LogP) is 5.29. The number of aryl methyl sites for hydroxylation is 2. The lowest BCUT2D eigenvalue weighted by atomic mass is 9.91. The van der Waals surface area contributed by atoms with E-state index in [0.29, 0.717) is 26.2 Å². The molecule has 1 atom stereocenters. The van der Waals surface area contributed by atoms with E-state index in [2.05, 4.69) is 75.8 Å². The molecule has 0 aliphatic carbocycles. The summed E-state index contributed by atoms with van der Waals surface area (Å²) in [7, 11) is -1.48. The number of aromatic amines is 1. The van der Waals surface area contributed by atoms with Gasteiger partial charge in [-0.2, -0.15) is 4.31 Å². The molecule has 2 aromatic heterocycles.